The van der Waals surface area contributed by atoms with E-state index in [1.807, 2.05) is 6.92 Å². The van der Waals surface area contributed by atoms with E-state index in [0.29, 0.717) is 6.54 Å². The summed E-state index contributed by atoms with van der Waals surface area (Å²) in [5.74, 6) is 0. The molecular formula is C5H13NOS. The third kappa shape index (κ3) is 3.16. The Morgan fingerprint density at radius 1 is 1.75 bits per heavy atom. The lowest BCUT2D eigenvalue weighted by Crippen LogP contribution is -2.14. The Labute approximate surface area is 52.9 Å². The molecule has 0 unspecified atom stereocenters. The maximum Gasteiger partial charge on any atom is 0.0328 e. The van der Waals surface area contributed by atoms with Gasteiger partial charge < -0.3 is 5.73 Å². The second-order valence-electron chi connectivity index (χ2n) is 1.89. The molecular weight excluding hydrogens is 122 g/mol. The minimum Gasteiger partial charge on any atom is -0.330 e. The van der Waals surface area contributed by atoms with Gasteiger partial charge in [-0.3, -0.25) is 4.21 Å². The summed E-state index contributed by atoms with van der Waals surface area (Å²) in [6.45, 7) is 2.59. The van der Waals surface area contributed by atoms with Crippen LogP contribution in [-0.4, -0.2) is 22.3 Å². The van der Waals surface area contributed by atoms with Gasteiger partial charge in [0, 0.05) is 22.3 Å². The number of nitrogens with two attached hydrogens (primary N) is 1. The van der Waals surface area contributed by atoms with E-state index >= 15 is 0 Å². The van der Waals surface area contributed by atoms with Crippen LogP contribution in [0.4, 0.5) is 0 Å². The Morgan fingerprint density at radius 2 is 2.25 bits per heavy atom. The molecule has 0 aliphatic rings. The average Bonchev–Trinajstić information content (AvgIpc) is 1.67. The molecule has 50 valence electrons. The summed E-state index contributed by atoms with van der Waals surface area (Å²) in [5, 5.41) is 0.264. The number of rotatable bonds is 3. The summed E-state index contributed by atoms with van der Waals surface area (Å²) < 4.78 is 10.6. The lowest BCUT2D eigenvalue weighted by atomic mass is 10.3. The van der Waals surface area contributed by atoms with Gasteiger partial charge in [-0.05, 0) is 13.0 Å². The van der Waals surface area contributed by atoms with Gasteiger partial charge in [-0.2, -0.15) is 0 Å². The van der Waals surface area contributed by atoms with Crippen LogP contribution in [-0.2, 0) is 10.8 Å². The summed E-state index contributed by atoms with van der Waals surface area (Å²) in [6, 6.07) is 0. The minimum atomic E-state index is -0.690. The summed E-state index contributed by atoms with van der Waals surface area (Å²) in [6.07, 6.45) is 2.57. The normalized spacial score (nSPS) is 17.9. The van der Waals surface area contributed by atoms with Crippen LogP contribution in [0.15, 0.2) is 0 Å². The van der Waals surface area contributed by atoms with Gasteiger partial charge in [0.2, 0.25) is 0 Å². The van der Waals surface area contributed by atoms with Crippen molar-refractivity contribution in [1.29, 1.82) is 0 Å². The highest BCUT2D eigenvalue weighted by molar-refractivity contribution is 7.84. The Hall–Kier alpha value is 0.110. The number of hydrogen-bond donors (Lipinski definition) is 1. The van der Waals surface area contributed by atoms with Crippen molar-refractivity contribution in [3.05, 3.63) is 0 Å². The smallest absolute Gasteiger partial charge is 0.0328 e. The zero-order valence-corrected chi connectivity index (χ0v) is 6.20. The SMILES string of the molecule is C[C@@H](CCN)[S@](C)=O. The van der Waals surface area contributed by atoms with E-state index < -0.39 is 10.8 Å². The van der Waals surface area contributed by atoms with Crippen molar-refractivity contribution in [2.45, 2.75) is 18.6 Å². The summed E-state index contributed by atoms with van der Waals surface area (Å²) >= 11 is 0. The molecule has 0 amide bonds. The van der Waals surface area contributed by atoms with Crippen molar-refractivity contribution in [1.82, 2.24) is 0 Å². The van der Waals surface area contributed by atoms with Crippen molar-refractivity contribution in [2.75, 3.05) is 12.8 Å². The molecule has 2 atom stereocenters. The van der Waals surface area contributed by atoms with E-state index in [9.17, 15) is 4.21 Å². The molecule has 0 rings (SSSR count). The van der Waals surface area contributed by atoms with Crippen LogP contribution >= 0.6 is 0 Å². The van der Waals surface area contributed by atoms with Crippen LogP contribution in [0.1, 0.15) is 13.3 Å². The predicted molar refractivity (Wildman–Crippen MR) is 37.2 cm³/mol. The van der Waals surface area contributed by atoms with Crippen molar-refractivity contribution >= 4 is 10.8 Å². The molecule has 0 spiro atoms. The van der Waals surface area contributed by atoms with Crippen LogP contribution in [0.2, 0.25) is 0 Å². The third-order valence-corrected chi connectivity index (χ3v) is 2.51. The van der Waals surface area contributed by atoms with Crippen LogP contribution in [0, 0.1) is 0 Å². The fourth-order valence-electron chi connectivity index (χ4n) is 0.401. The molecule has 0 aliphatic carbocycles. The molecule has 0 radical (unpaired) electrons. The molecule has 2 nitrogen and oxygen atoms in total. The Balaban J connectivity index is 3.32. The van der Waals surface area contributed by atoms with Crippen molar-refractivity contribution in [2.24, 2.45) is 5.73 Å². The molecule has 0 bridgehead atoms. The first-order valence-electron chi connectivity index (χ1n) is 2.70. The van der Waals surface area contributed by atoms with E-state index in [-0.39, 0.29) is 5.25 Å². The highest BCUT2D eigenvalue weighted by Gasteiger charge is 2.02. The van der Waals surface area contributed by atoms with Crippen LogP contribution < -0.4 is 5.73 Å². The summed E-state index contributed by atoms with van der Waals surface area (Å²) in [5.41, 5.74) is 5.23. The van der Waals surface area contributed by atoms with Gasteiger partial charge in [0.25, 0.3) is 0 Å². The fraction of sp³-hybridized carbons (Fsp3) is 1.00. The molecule has 0 aromatic rings. The topological polar surface area (TPSA) is 43.1 Å². The highest BCUT2D eigenvalue weighted by atomic mass is 32.2. The van der Waals surface area contributed by atoms with Gasteiger partial charge in [-0.15, -0.1) is 0 Å². The van der Waals surface area contributed by atoms with Gasteiger partial charge >= 0.3 is 0 Å². The molecule has 0 aromatic heterocycles. The molecule has 2 N–H and O–H groups in total. The highest BCUT2D eigenvalue weighted by Crippen LogP contribution is 1.95. The second kappa shape index (κ2) is 4.04. The van der Waals surface area contributed by atoms with E-state index in [0.717, 1.165) is 6.42 Å². The van der Waals surface area contributed by atoms with Gasteiger partial charge in [-0.25, -0.2) is 0 Å². The van der Waals surface area contributed by atoms with Crippen molar-refractivity contribution in [3.8, 4) is 0 Å². The largest absolute Gasteiger partial charge is 0.330 e. The quantitative estimate of drug-likeness (QED) is 0.596. The molecule has 0 aliphatic heterocycles. The first kappa shape index (κ1) is 8.11. The molecule has 3 heteroatoms. The first-order chi connectivity index (χ1) is 3.68. The van der Waals surface area contributed by atoms with Gasteiger partial charge in [0.05, 0.1) is 0 Å². The zero-order chi connectivity index (χ0) is 6.57. The van der Waals surface area contributed by atoms with E-state index in [1.54, 1.807) is 6.26 Å². The maximum absolute atomic E-state index is 10.6. The van der Waals surface area contributed by atoms with Crippen molar-refractivity contribution in [3.63, 3.8) is 0 Å². The second-order valence-corrected chi connectivity index (χ2v) is 3.69. The van der Waals surface area contributed by atoms with Gasteiger partial charge in [0.1, 0.15) is 0 Å². The molecule has 0 aromatic carbocycles. The Kier molecular flexibility index (Phi) is 4.09. The number of hydrogen-bond acceptors (Lipinski definition) is 2. The lowest BCUT2D eigenvalue weighted by molar-refractivity contribution is 0.670. The monoisotopic (exact) mass is 135 g/mol. The lowest BCUT2D eigenvalue weighted by Gasteiger charge is -2.03. The van der Waals surface area contributed by atoms with Crippen LogP contribution in [0.5, 0.6) is 0 Å². The molecule has 0 fully saturated rings. The van der Waals surface area contributed by atoms with E-state index in [1.165, 1.54) is 0 Å². The Bertz CT molecular complexity index is 84.5. The molecule has 0 saturated carbocycles. The maximum atomic E-state index is 10.6. The van der Waals surface area contributed by atoms with Gasteiger partial charge in [0.15, 0.2) is 0 Å². The third-order valence-electron chi connectivity index (χ3n) is 1.14. The van der Waals surface area contributed by atoms with E-state index in [4.69, 9.17) is 5.73 Å². The zero-order valence-electron chi connectivity index (χ0n) is 5.39. The molecule has 8 heavy (non-hydrogen) atoms. The molecule has 0 saturated heterocycles. The minimum absolute atomic E-state index is 0.264. The van der Waals surface area contributed by atoms with Crippen molar-refractivity contribution < 1.29 is 4.21 Å². The summed E-state index contributed by atoms with van der Waals surface area (Å²) in [7, 11) is -0.690. The Morgan fingerprint density at radius 3 is 2.38 bits per heavy atom. The van der Waals surface area contributed by atoms with Crippen LogP contribution in [0.3, 0.4) is 0 Å². The fourth-order valence-corrected chi connectivity index (χ4v) is 0.869. The van der Waals surface area contributed by atoms with Gasteiger partial charge in [-0.1, -0.05) is 6.92 Å². The predicted octanol–water partition coefficient (Wildman–Crippen LogP) is 0.102. The van der Waals surface area contributed by atoms with E-state index in [2.05, 4.69) is 0 Å². The average molecular weight is 135 g/mol. The first-order valence-corrected chi connectivity index (χ1v) is 4.33. The summed E-state index contributed by atoms with van der Waals surface area (Å²) in [4.78, 5) is 0. The van der Waals surface area contributed by atoms with Crippen LogP contribution in [0.25, 0.3) is 0 Å². The standard InChI is InChI=1S/C5H13NOS/c1-5(3-4-6)8(2)7/h5H,3-4,6H2,1-2H3/t5-,8-/m0/s1. The molecule has 0 heterocycles.